The summed E-state index contributed by atoms with van der Waals surface area (Å²) < 4.78 is 23.9. The summed E-state index contributed by atoms with van der Waals surface area (Å²) in [5.74, 6) is -1.67. The van der Waals surface area contributed by atoms with Crippen LogP contribution in [0.3, 0.4) is 0 Å². The zero-order valence-electron chi connectivity index (χ0n) is 10.4. The number of benzene rings is 1. The van der Waals surface area contributed by atoms with E-state index in [2.05, 4.69) is 0 Å². The highest BCUT2D eigenvalue weighted by Gasteiger charge is 2.25. The number of sulfone groups is 1. The minimum absolute atomic E-state index is 0.0368. The van der Waals surface area contributed by atoms with Crippen molar-refractivity contribution >= 4 is 33.1 Å². The molecule has 0 aromatic heterocycles. The van der Waals surface area contributed by atoms with Crippen molar-refractivity contribution in [3.8, 4) is 0 Å². The average Bonchev–Trinajstić information content (AvgIpc) is 2.30. The molecule has 1 N–H and O–H groups in total. The quantitative estimate of drug-likeness (QED) is 0.633. The van der Waals surface area contributed by atoms with E-state index in [9.17, 15) is 23.3 Å². The molecule has 0 heterocycles. The van der Waals surface area contributed by atoms with Gasteiger partial charge in [0.2, 0.25) is 0 Å². The van der Waals surface area contributed by atoms with Gasteiger partial charge in [-0.3, -0.25) is 14.9 Å². The van der Waals surface area contributed by atoms with Crippen LogP contribution in [0.15, 0.2) is 18.2 Å². The molecule has 0 aliphatic heterocycles. The Kier molecular flexibility index (Phi) is 5.07. The fraction of sp³-hybridized carbons (Fsp3) is 0.364. The number of aliphatic carboxylic acids is 1. The Balaban J connectivity index is 2.98. The summed E-state index contributed by atoms with van der Waals surface area (Å²) in [5, 5.41) is 18.0. The predicted molar refractivity (Wildman–Crippen MR) is 72.4 cm³/mol. The smallest absolute Gasteiger partial charge is 0.304 e. The second-order valence-corrected chi connectivity index (χ2v) is 7.07. The van der Waals surface area contributed by atoms with Crippen LogP contribution in [0.5, 0.6) is 0 Å². The van der Waals surface area contributed by atoms with Gasteiger partial charge in [-0.1, -0.05) is 11.6 Å². The summed E-state index contributed by atoms with van der Waals surface area (Å²) >= 11 is 5.80. The van der Waals surface area contributed by atoms with Crippen LogP contribution in [-0.4, -0.2) is 29.7 Å². The zero-order chi connectivity index (χ0) is 15.5. The lowest BCUT2D eigenvalue weighted by Crippen LogP contribution is -2.23. The Labute approximate surface area is 120 Å². The number of nitro groups is 1. The maximum atomic E-state index is 12.0. The molecule has 7 nitrogen and oxygen atoms in total. The molecule has 1 aromatic carbocycles. The van der Waals surface area contributed by atoms with Crippen molar-refractivity contribution in [2.24, 2.45) is 0 Å². The first-order chi connectivity index (χ1) is 9.13. The standard InChI is InChI=1S/C11H12ClNO6S/c1-7(4-11(14)15)20(18,19)6-8-2-3-9(13(16)17)5-10(8)12/h2-3,5,7H,4,6H2,1H3,(H,14,15). The lowest BCUT2D eigenvalue weighted by atomic mass is 10.2. The van der Waals surface area contributed by atoms with Gasteiger partial charge in [0.1, 0.15) is 0 Å². The van der Waals surface area contributed by atoms with Gasteiger partial charge in [-0.2, -0.15) is 0 Å². The van der Waals surface area contributed by atoms with Crippen molar-refractivity contribution in [1.82, 2.24) is 0 Å². The molecule has 1 rings (SSSR count). The van der Waals surface area contributed by atoms with E-state index in [-0.39, 0.29) is 16.3 Å². The van der Waals surface area contributed by atoms with Crippen molar-refractivity contribution in [3.05, 3.63) is 38.9 Å². The Morgan fingerprint density at radius 1 is 1.50 bits per heavy atom. The van der Waals surface area contributed by atoms with E-state index in [1.54, 1.807) is 0 Å². The van der Waals surface area contributed by atoms with E-state index in [4.69, 9.17) is 16.7 Å². The van der Waals surface area contributed by atoms with E-state index in [1.165, 1.54) is 13.0 Å². The Morgan fingerprint density at radius 2 is 2.10 bits per heavy atom. The van der Waals surface area contributed by atoms with Crippen LogP contribution in [0, 0.1) is 10.1 Å². The van der Waals surface area contributed by atoms with Gasteiger partial charge in [-0.05, 0) is 18.6 Å². The maximum absolute atomic E-state index is 12.0. The fourth-order valence-electron chi connectivity index (χ4n) is 1.50. The Bertz CT molecular complexity index is 642. The third-order valence-corrected chi connectivity index (χ3v) is 5.14. The number of nitrogens with zero attached hydrogens (tertiary/aromatic N) is 1. The van der Waals surface area contributed by atoms with Gasteiger partial charge in [0.15, 0.2) is 9.84 Å². The van der Waals surface area contributed by atoms with Crippen molar-refractivity contribution in [2.75, 3.05) is 0 Å². The van der Waals surface area contributed by atoms with Crippen molar-refractivity contribution < 1.29 is 23.2 Å². The van der Waals surface area contributed by atoms with Gasteiger partial charge in [0.25, 0.3) is 5.69 Å². The monoisotopic (exact) mass is 321 g/mol. The van der Waals surface area contributed by atoms with Crippen LogP contribution in [0.25, 0.3) is 0 Å². The number of hydrogen-bond donors (Lipinski definition) is 1. The van der Waals surface area contributed by atoms with E-state index in [0.717, 1.165) is 12.1 Å². The number of hydrogen-bond acceptors (Lipinski definition) is 5. The van der Waals surface area contributed by atoms with Gasteiger partial charge in [0, 0.05) is 12.1 Å². The lowest BCUT2D eigenvalue weighted by Gasteiger charge is -2.11. The van der Waals surface area contributed by atoms with E-state index in [0.29, 0.717) is 0 Å². The normalized spacial score (nSPS) is 12.9. The number of carboxylic acid groups (broad SMARTS) is 1. The zero-order valence-corrected chi connectivity index (χ0v) is 12.0. The van der Waals surface area contributed by atoms with Gasteiger partial charge in [0.05, 0.1) is 27.4 Å². The number of rotatable bonds is 6. The number of carboxylic acids is 1. The summed E-state index contributed by atoms with van der Waals surface area (Å²) in [7, 11) is -3.70. The van der Waals surface area contributed by atoms with Crippen LogP contribution in [-0.2, 0) is 20.4 Å². The highest BCUT2D eigenvalue weighted by molar-refractivity contribution is 7.91. The highest BCUT2D eigenvalue weighted by atomic mass is 35.5. The molecule has 0 saturated heterocycles. The Morgan fingerprint density at radius 3 is 2.55 bits per heavy atom. The number of halogens is 1. The second kappa shape index (κ2) is 6.19. The maximum Gasteiger partial charge on any atom is 0.304 e. The minimum atomic E-state index is -3.70. The summed E-state index contributed by atoms with van der Waals surface area (Å²) in [4.78, 5) is 20.4. The molecule has 0 bridgehead atoms. The fourth-order valence-corrected chi connectivity index (χ4v) is 3.19. The number of nitro benzene ring substituents is 1. The molecule has 1 atom stereocenters. The van der Waals surface area contributed by atoms with E-state index >= 15 is 0 Å². The highest BCUT2D eigenvalue weighted by Crippen LogP contribution is 2.25. The van der Waals surface area contributed by atoms with E-state index in [1.807, 2.05) is 0 Å². The summed E-state index contributed by atoms with van der Waals surface area (Å²) in [6.45, 7) is 1.29. The SMILES string of the molecule is CC(CC(=O)O)S(=O)(=O)Cc1ccc([N+](=O)[O-])cc1Cl. The number of non-ortho nitro benzene ring substituents is 1. The molecular formula is C11H12ClNO6S. The summed E-state index contributed by atoms with van der Waals surface area (Å²) in [6.07, 6.45) is -0.507. The van der Waals surface area contributed by atoms with Crippen LogP contribution < -0.4 is 0 Å². The predicted octanol–water partition coefficient (Wildman–Crippen LogP) is 2.03. The number of carbonyl (C=O) groups is 1. The molecule has 1 aromatic rings. The minimum Gasteiger partial charge on any atom is -0.481 e. The molecule has 1 unspecified atom stereocenters. The first-order valence-corrected chi connectivity index (χ1v) is 7.59. The Hall–Kier alpha value is -1.67. The molecule has 0 aliphatic carbocycles. The topological polar surface area (TPSA) is 115 Å². The van der Waals surface area contributed by atoms with Gasteiger partial charge < -0.3 is 5.11 Å². The molecule has 0 radical (unpaired) electrons. The van der Waals surface area contributed by atoms with Gasteiger partial charge >= 0.3 is 5.97 Å². The first kappa shape index (κ1) is 16.4. The average molecular weight is 322 g/mol. The third kappa shape index (κ3) is 4.17. The molecule has 20 heavy (non-hydrogen) atoms. The molecule has 0 spiro atoms. The van der Waals surface area contributed by atoms with Crippen molar-refractivity contribution in [1.29, 1.82) is 0 Å². The first-order valence-electron chi connectivity index (χ1n) is 5.49. The summed E-state index contributed by atoms with van der Waals surface area (Å²) in [5.41, 5.74) is -0.0377. The second-order valence-electron chi connectivity index (χ2n) is 4.25. The molecule has 110 valence electrons. The van der Waals surface area contributed by atoms with Crippen LogP contribution >= 0.6 is 11.6 Å². The molecule has 0 fully saturated rings. The molecular weight excluding hydrogens is 310 g/mol. The van der Waals surface area contributed by atoms with E-state index < -0.39 is 38.2 Å². The van der Waals surface area contributed by atoms with Gasteiger partial charge in [-0.15, -0.1) is 0 Å². The van der Waals surface area contributed by atoms with Crippen molar-refractivity contribution in [2.45, 2.75) is 24.3 Å². The van der Waals surface area contributed by atoms with Crippen LogP contribution in [0.2, 0.25) is 5.02 Å². The molecule has 0 saturated carbocycles. The molecule has 0 amide bonds. The third-order valence-electron chi connectivity index (χ3n) is 2.68. The van der Waals surface area contributed by atoms with Gasteiger partial charge in [-0.25, -0.2) is 8.42 Å². The molecule has 9 heteroatoms. The largest absolute Gasteiger partial charge is 0.481 e. The van der Waals surface area contributed by atoms with Crippen LogP contribution in [0.4, 0.5) is 5.69 Å². The molecule has 0 aliphatic rings. The van der Waals surface area contributed by atoms with Crippen molar-refractivity contribution in [3.63, 3.8) is 0 Å². The summed E-state index contributed by atoms with van der Waals surface area (Å²) in [6, 6.07) is 3.47. The van der Waals surface area contributed by atoms with Crippen LogP contribution in [0.1, 0.15) is 18.9 Å². The lowest BCUT2D eigenvalue weighted by molar-refractivity contribution is -0.384.